The maximum absolute atomic E-state index is 14.8. The van der Waals surface area contributed by atoms with Gasteiger partial charge in [0.1, 0.15) is 41.3 Å². The molecule has 18 heteroatoms. The predicted molar refractivity (Wildman–Crippen MR) is 206 cm³/mol. The molecular weight excluding hydrogens is 779 g/mol. The molecular formula is C40H54F2N6O9S. The number of carbonyl (C=O) groups is 4. The van der Waals surface area contributed by atoms with Crippen LogP contribution in [0.25, 0.3) is 11.0 Å². The van der Waals surface area contributed by atoms with Gasteiger partial charge in [0.05, 0.1) is 34.8 Å². The number of aryl methyl sites for hydroxylation is 1. The zero-order valence-electron chi connectivity index (χ0n) is 33.8. The average Bonchev–Trinajstić information content (AvgIpc) is 4.09. The molecule has 5 aliphatic rings. The number of fused-ring (bicyclic) bond motifs is 5. The molecule has 4 fully saturated rings. The highest BCUT2D eigenvalue weighted by atomic mass is 32.2. The first kappa shape index (κ1) is 41.8. The summed E-state index contributed by atoms with van der Waals surface area (Å²) in [5.74, 6) is -4.38. The molecule has 8 atom stereocenters. The number of nitrogens with zero attached hydrogens (tertiary/aromatic N) is 3. The van der Waals surface area contributed by atoms with E-state index in [2.05, 4.69) is 10.6 Å². The molecule has 1 aromatic carbocycles. The number of amides is 4. The zero-order valence-corrected chi connectivity index (χ0v) is 34.6. The van der Waals surface area contributed by atoms with E-state index in [1.807, 2.05) is 23.8 Å². The molecule has 2 bridgehead atoms. The Kier molecular flexibility index (Phi) is 11.1. The monoisotopic (exact) mass is 832 g/mol. The van der Waals surface area contributed by atoms with Crippen molar-refractivity contribution in [2.75, 3.05) is 13.2 Å². The van der Waals surface area contributed by atoms with Crippen LogP contribution in [0, 0.1) is 23.2 Å². The van der Waals surface area contributed by atoms with Crippen LogP contribution >= 0.6 is 0 Å². The number of rotatable bonds is 8. The van der Waals surface area contributed by atoms with Crippen LogP contribution < -0.4 is 24.8 Å². The van der Waals surface area contributed by atoms with Crippen molar-refractivity contribution in [3.8, 4) is 11.6 Å². The van der Waals surface area contributed by atoms with Gasteiger partial charge in [-0.2, -0.15) is 0 Å². The summed E-state index contributed by atoms with van der Waals surface area (Å²) < 4.78 is 73.5. The van der Waals surface area contributed by atoms with Crippen LogP contribution in [-0.2, 0) is 35.6 Å². The molecule has 1 aromatic heterocycles. The SMILES string of the molecule is CCOc1ccc2nc3c(nc2c1)O[C@H]1CN(C(=O)[C@H](C(C)(C)C)NC(=O)O[C@@H]2C[C@H]2CCCCC3)[C@H](C(=O)N[C@]2(C(=O)NS(=O)(=O)C3(C)CC3)C[C@H]2C(F)F)[C@@H]1C. The van der Waals surface area contributed by atoms with Gasteiger partial charge in [0.25, 0.3) is 5.91 Å². The third-order valence-corrected chi connectivity index (χ3v) is 14.6. The van der Waals surface area contributed by atoms with Crippen molar-refractivity contribution in [1.29, 1.82) is 0 Å². The highest BCUT2D eigenvalue weighted by Gasteiger charge is 2.67. The van der Waals surface area contributed by atoms with Crippen molar-refractivity contribution >= 4 is 44.9 Å². The lowest BCUT2D eigenvalue weighted by Gasteiger charge is -2.36. The van der Waals surface area contributed by atoms with Crippen LogP contribution in [0.2, 0.25) is 0 Å². The van der Waals surface area contributed by atoms with Crippen LogP contribution in [0.5, 0.6) is 11.6 Å². The number of alkyl carbamates (subject to hydrolysis) is 1. The maximum atomic E-state index is 14.8. The van der Waals surface area contributed by atoms with E-state index in [0.29, 0.717) is 54.8 Å². The number of aromatic nitrogens is 2. The number of alkyl halides is 2. The molecule has 3 saturated carbocycles. The molecule has 3 heterocycles. The molecule has 2 aromatic rings. The average molecular weight is 833 g/mol. The van der Waals surface area contributed by atoms with E-state index in [1.165, 1.54) is 11.8 Å². The minimum absolute atomic E-state index is 0.186. The van der Waals surface area contributed by atoms with Gasteiger partial charge in [-0.05, 0) is 82.3 Å². The van der Waals surface area contributed by atoms with Gasteiger partial charge in [-0.3, -0.25) is 19.1 Å². The molecule has 0 spiro atoms. The summed E-state index contributed by atoms with van der Waals surface area (Å²) in [4.78, 5) is 67.2. The minimum atomic E-state index is -4.24. The van der Waals surface area contributed by atoms with Gasteiger partial charge < -0.3 is 29.7 Å². The predicted octanol–water partition coefficient (Wildman–Crippen LogP) is 4.41. The van der Waals surface area contributed by atoms with E-state index in [1.54, 1.807) is 33.8 Å². The fraction of sp³-hybridized carbons (Fsp3) is 0.700. The lowest BCUT2D eigenvalue weighted by Crippen LogP contribution is -2.61. The smallest absolute Gasteiger partial charge is 0.408 e. The second-order valence-corrected chi connectivity index (χ2v) is 20.2. The van der Waals surface area contributed by atoms with E-state index in [0.717, 1.165) is 25.7 Å². The minimum Gasteiger partial charge on any atom is -0.494 e. The lowest BCUT2D eigenvalue weighted by atomic mass is 9.85. The Morgan fingerprint density at radius 1 is 1.09 bits per heavy atom. The molecule has 318 valence electrons. The van der Waals surface area contributed by atoms with E-state index < -0.39 is 92.4 Å². The van der Waals surface area contributed by atoms with Crippen LogP contribution in [0.1, 0.15) is 98.6 Å². The molecule has 3 aliphatic carbocycles. The largest absolute Gasteiger partial charge is 0.494 e. The van der Waals surface area contributed by atoms with Gasteiger partial charge in [-0.25, -0.2) is 32.0 Å². The molecule has 58 heavy (non-hydrogen) atoms. The summed E-state index contributed by atoms with van der Waals surface area (Å²) in [6, 6.07) is 2.77. The Hall–Kier alpha value is -4.35. The number of halogens is 2. The first-order valence-corrected chi connectivity index (χ1v) is 21.8. The number of hydrogen-bond donors (Lipinski definition) is 3. The van der Waals surface area contributed by atoms with Gasteiger partial charge in [0.15, 0.2) is 0 Å². The zero-order chi connectivity index (χ0) is 41.9. The van der Waals surface area contributed by atoms with Gasteiger partial charge in [-0.1, -0.05) is 40.5 Å². The Balaban J connectivity index is 1.25. The fourth-order valence-corrected chi connectivity index (χ4v) is 9.51. The Morgan fingerprint density at radius 3 is 2.48 bits per heavy atom. The van der Waals surface area contributed by atoms with Crippen molar-refractivity contribution in [1.82, 2.24) is 30.2 Å². The maximum Gasteiger partial charge on any atom is 0.408 e. The van der Waals surface area contributed by atoms with E-state index in [4.69, 9.17) is 24.2 Å². The summed E-state index contributed by atoms with van der Waals surface area (Å²) in [7, 11) is -4.24. The normalized spacial score (nSPS) is 31.1. The van der Waals surface area contributed by atoms with Crippen LogP contribution in [0.4, 0.5) is 13.6 Å². The van der Waals surface area contributed by atoms with E-state index in [9.17, 15) is 36.4 Å². The molecule has 7 rings (SSSR count). The number of nitrogens with one attached hydrogen (secondary N) is 3. The third-order valence-electron chi connectivity index (χ3n) is 12.5. The summed E-state index contributed by atoms with van der Waals surface area (Å²) in [6.07, 6.45) is -0.292. The first-order valence-electron chi connectivity index (χ1n) is 20.3. The summed E-state index contributed by atoms with van der Waals surface area (Å²) in [5, 5.41) is 5.22. The fourth-order valence-electron chi connectivity index (χ4n) is 8.20. The highest BCUT2D eigenvalue weighted by molar-refractivity contribution is 7.91. The Bertz CT molecular complexity index is 2080. The molecule has 2 aliphatic heterocycles. The van der Waals surface area contributed by atoms with Crippen molar-refractivity contribution in [3.63, 3.8) is 0 Å². The molecule has 1 saturated heterocycles. The van der Waals surface area contributed by atoms with E-state index in [-0.39, 0.29) is 24.4 Å². The highest BCUT2D eigenvalue weighted by Crippen LogP contribution is 2.50. The number of hydrogen-bond acceptors (Lipinski definition) is 11. The standard InChI is InChI=1S/C40H54F2N6O9S/c1-7-55-23-13-14-25-27(18-23)44-34-26(43-25)12-10-8-9-11-22-17-28(22)57-37(52)45-31(38(3,4)5)35(50)48-20-29(56-34)21(2)30(48)33(49)46-40(19-24(40)32(41)42)36(51)47-58(53,54)39(6)15-16-39/h13-14,18,21-22,24,28-32H,7-12,15-17,19-20H2,1-6H3,(H,45,52)(H,46,49)(H,47,51)/t21-,22-,24+,28-,29+,30+,31-,40-/m1/s1. The van der Waals surface area contributed by atoms with Crippen molar-refractivity contribution in [2.45, 2.75) is 140 Å². The third kappa shape index (κ3) is 8.26. The lowest BCUT2D eigenvalue weighted by molar-refractivity contribution is -0.143. The number of carbonyl (C=O) groups excluding carboxylic acids is 4. The van der Waals surface area contributed by atoms with Crippen LogP contribution in [0.15, 0.2) is 18.2 Å². The van der Waals surface area contributed by atoms with Crippen molar-refractivity contribution in [2.24, 2.45) is 23.2 Å². The van der Waals surface area contributed by atoms with Gasteiger partial charge >= 0.3 is 6.09 Å². The number of ether oxygens (including phenoxy) is 3. The van der Waals surface area contributed by atoms with E-state index >= 15 is 0 Å². The Morgan fingerprint density at radius 2 is 1.83 bits per heavy atom. The quantitative estimate of drug-likeness (QED) is 0.341. The molecule has 0 unspecified atom stereocenters. The van der Waals surface area contributed by atoms with Crippen LogP contribution in [-0.4, -0.2) is 101 Å². The molecule has 0 radical (unpaired) electrons. The van der Waals surface area contributed by atoms with Gasteiger partial charge in [0.2, 0.25) is 34.1 Å². The molecule has 4 amide bonds. The summed E-state index contributed by atoms with van der Waals surface area (Å²) in [5.41, 5.74) is -1.43. The van der Waals surface area contributed by atoms with Crippen molar-refractivity contribution in [3.05, 3.63) is 23.9 Å². The van der Waals surface area contributed by atoms with Crippen LogP contribution in [0.3, 0.4) is 0 Å². The number of sulfonamides is 1. The van der Waals surface area contributed by atoms with Crippen molar-refractivity contribution < 1.29 is 50.6 Å². The second kappa shape index (κ2) is 15.4. The second-order valence-electron chi connectivity index (χ2n) is 18.0. The summed E-state index contributed by atoms with van der Waals surface area (Å²) >= 11 is 0. The molecule has 15 nitrogen and oxygen atoms in total. The number of benzene rings is 1. The van der Waals surface area contributed by atoms with Gasteiger partial charge in [-0.15, -0.1) is 0 Å². The topological polar surface area (TPSA) is 195 Å². The molecule has 3 N–H and O–H groups in total. The first-order chi connectivity index (χ1) is 27.3. The van der Waals surface area contributed by atoms with Gasteiger partial charge in [0, 0.05) is 12.0 Å². The summed E-state index contributed by atoms with van der Waals surface area (Å²) in [6.45, 7) is 10.5. The Labute approximate surface area is 337 Å².